The van der Waals surface area contributed by atoms with E-state index < -0.39 is 0 Å². The fourth-order valence-corrected chi connectivity index (χ4v) is 4.39. The highest BCUT2D eigenvalue weighted by Gasteiger charge is 2.15. The van der Waals surface area contributed by atoms with Gasteiger partial charge in [-0.2, -0.15) is 0 Å². The highest BCUT2D eigenvalue weighted by atomic mass is 32.1. The first kappa shape index (κ1) is 17.5. The van der Waals surface area contributed by atoms with Gasteiger partial charge in [-0.25, -0.2) is 0 Å². The Labute approximate surface area is 163 Å². The zero-order valence-corrected chi connectivity index (χ0v) is 15.8. The molecule has 1 amide bonds. The zero-order valence-electron chi connectivity index (χ0n) is 15.0. The highest BCUT2D eigenvalue weighted by molar-refractivity contribution is 7.20. The van der Waals surface area contributed by atoms with E-state index in [9.17, 15) is 4.79 Å². The number of thiophene rings is 1. The highest BCUT2D eigenvalue weighted by Crippen LogP contribution is 2.28. The number of benzene rings is 3. The minimum atomic E-state index is 0.0103. The van der Waals surface area contributed by atoms with Gasteiger partial charge in [0.25, 0.3) is 5.91 Å². The normalized spacial score (nSPS) is 11.0. The molecule has 2 nitrogen and oxygen atoms in total. The lowest BCUT2D eigenvalue weighted by Gasteiger charge is -2.18. The van der Waals surface area contributed by atoms with Crippen LogP contribution < -0.4 is 5.32 Å². The van der Waals surface area contributed by atoms with Gasteiger partial charge in [0.05, 0.1) is 4.88 Å². The molecule has 1 N–H and O–H groups in total. The molecule has 4 aromatic rings. The summed E-state index contributed by atoms with van der Waals surface area (Å²) in [5.41, 5.74) is 2.56. The maximum Gasteiger partial charge on any atom is 0.261 e. The van der Waals surface area contributed by atoms with Crippen LogP contribution in [0.1, 0.15) is 33.1 Å². The minimum Gasteiger partial charge on any atom is -0.351 e. The Bertz CT molecular complexity index is 951. The van der Waals surface area contributed by atoms with E-state index in [0.29, 0.717) is 6.54 Å². The Morgan fingerprint density at radius 2 is 1.41 bits per heavy atom. The van der Waals surface area contributed by atoms with Gasteiger partial charge < -0.3 is 5.32 Å². The summed E-state index contributed by atoms with van der Waals surface area (Å²) < 4.78 is 1.15. The number of rotatable bonds is 6. The molecular weight excluding hydrogens is 350 g/mol. The zero-order chi connectivity index (χ0) is 18.5. The van der Waals surface area contributed by atoms with Crippen molar-refractivity contribution in [2.75, 3.05) is 6.54 Å². The van der Waals surface area contributed by atoms with Crippen molar-refractivity contribution >= 4 is 27.3 Å². The Morgan fingerprint density at radius 3 is 2.04 bits per heavy atom. The van der Waals surface area contributed by atoms with Crippen LogP contribution in [0.25, 0.3) is 10.1 Å². The van der Waals surface area contributed by atoms with Crippen LogP contribution in [0.2, 0.25) is 0 Å². The summed E-state index contributed by atoms with van der Waals surface area (Å²) in [6.45, 7) is 0.640. The van der Waals surface area contributed by atoms with Crippen LogP contribution in [-0.4, -0.2) is 12.5 Å². The third-order valence-corrected chi connectivity index (χ3v) is 5.89. The van der Waals surface area contributed by atoms with Crippen molar-refractivity contribution in [3.05, 3.63) is 107 Å². The second kappa shape index (κ2) is 8.19. The van der Waals surface area contributed by atoms with Crippen molar-refractivity contribution in [1.82, 2.24) is 5.32 Å². The van der Waals surface area contributed by atoms with Crippen molar-refractivity contribution in [2.45, 2.75) is 12.3 Å². The van der Waals surface area contributed by atoms with Crippen molar-refractivity contribution in [2.24, 2.45) is 0 Å². The minimum absolute atomic E-state index is 0.0103. The van der Waals surface area contributed by atoms with Gasteiger partial charge in [0, 0.05) is 17.2 Å². The standard InChI is InChI=1S/C24H21NOS/c26-24(23-17-20-13-7-8-14-22(20)27-23)25-16-15-21(18-9-3-1-4-10-18)19-11-5-2-6-12-19/h1-14,17,21H,15-16H2,(H,25,26). The molecule has 0 radical (unpaired) electrons. The quantitative estimate of drug-likeness (QED) is 0.452. The predicted molar refractivity (Wildman–Crippen MR) is 114 cm³/mol. The molecule has 0 aliphatic heterocycles. The Balaban J connectivity index is 1.45. The predicted octanol–water partition coefficient (Wildman–Crippen LogP) is 5.85. The second-order valence-corrected chi connectivity index (χ2v) is 7.65. The molecule has 27 heavy (non-hydrogen) atoms. The van der Waals surface area contributed by atoms with Gasteiger partial charge in [0.2, 0.25) is 0 Å². The molecule has 0 spiro atoms. The fraction of sp³-hybridized carbons (Fsp3) is 0.125. The lowest BCUT2D eigenvalue weighted by Crippen LogP contribution is -2.25. The molecule has 3 aromatic carbocycles. The molecule has 4 rings (SSSR count). The molecule has 0 fully saturated rings. The average molecular weight is 372 g/mol. The van der Waals surface area contributed by atoms with E-state index in [-0.39, 0.29) is 11.8 Å². The second-order valence-electron chi connectivity index (χ2n) is 6.57. The first-order chi connectivity index (χ1) is 13.3. The molecule has 134 valence electrons. The van der Waals surface area contributed by atoms with E-state index >= 15 is 0 Å². The van der Waals surface area contributed by atoms with Crippen LogP contribution in [0.3, 0.4) is 0 Å². The van der Waals surface area contributed by atoms with Gasteiger partial charge in [-0.3, -0.25) is 4.79 Å². The molecule has 0 atom stereocenters. The van der Waals surface area contributed by atoms with Crippen LogP contribution in [0.4, 0.5) is 0 Å². The van der Waals surface area contributed by atoms with Crippen LogP contribution in [0.15, 0.2) is 91.0 Å². The molecule has 1 aromatic heterocycles. The molecule has 0 saturated carbocycles. The van der Waals surface area contributed by atoms with Gasteiger partial charge in [0.15, 0.2) is 0 Å². The number of carbonyl (C=O) groups excluding carboxylic acids is 1. The number of carbonyl (C=O) groups is 1. The third kappa shape index (κ3) is 4.09. The first-order valence-corrected chi connectivity index (χ1v) is 9.99. The third-order valence-electron chi connectivity index (χ3n) is 4.77. The molecule has 0 bridgehead atoms. The van der Waals surface area contributed by atoms with Crippen molar-refractivity contribution < 1.29 is 4.79 Å². The largest absolute Gasteiger partial charge is 0.351 e. The molecule has 0 aliphatic carbocycles. The van der Waals surface area contributed by atoms with Gasteiger partial charge >= 0.3 is 0 Å². The summed E-state index contributed by atoms with van der Waals surface area (Å²) in [6.07, 6.45) is 0.866. The Morgan fingerprint density at radius 1 is 0.815 bits per heavy atom. The van der Waals surface area contributed by atoms with E-state index in [4.69, 9.17) is 0 Å². The molecular formula is C24H21NOS. The summed E-state index contributed by atoms with van der Waals surface area (Å²) in [6, 6.07) is 31.1. The summed E-state index contributed by atoms with van der Waals surface area (Å²) in [4.78, 5) is 13.3. The summed E-state index contributed by atoms with van der Waals surface area (Å²) >= 11 is 1.54. The number of hydrogen-bond donors (Lipinski definition) is 1. The summed E-state index contributed by atoms with van der Waals surface area (Å²) in [7, 11) is 0. The lowest BCUT2D eigenvalue weighted by atomic mass is 9.88. The van der Waals surface area contributed by atoms with Gasteiger partial charge in [0.1, 0.15) is 0 Å². The smallest absolute Gasteiger partial charge is 0.261 e. The van der Waals surface area contributed by atoms with E-state index in [0.717, 1.165) is 21.4 Å². The van der Waals surface area contributed by atoms with Crippen LogP contribution >= 0.6 is 11.3 Å². The SMILES string of the molecule is O=C(NCCC(c1ccccc1)c1ccccc1)c1cc2ccccc2s1. The molecule has 3 heteroatoms. The lowest BCUT2D eigenvalue weighted by molar-refractivity contribution is 0.0957. The van der Waals surface area contributed by atoms with Crippen molar-refractivity contribution in [3.8, 4) is 0 Å². The average Bonchev–Trinajstić information content (AvgIpc) is 3.17. The maximum absolute atomic E-state index is 12.6. The van der Waals surface area contributed by atoms with E-state index in [2.05, 4.69) is 59.9 Å². The van der Waals surface area contributed by atoms with Gasteiger partial charge in [-0.1, -0.05) is 78.9 Å². The van der Waals surface area contributed by atoms with Crippen molar-refractivity contribution in [3.63, 3.8) is 0 Å². The molecule has 0 saturated heterocycles. The molecule has 0 aliphatic rings. The van der Waals surface area contributed by atoms with E-state index in [1.807, 2.05) is 36.4 Å². The fourth-order valence-electron chi connectivity index (χ4n) is 3.41. The maximum atomic E-state index is 12.6. The number of hydrogen-bond acceptors (Lipinski definition) is 2. The summed E-state index contributed by atoms with van der Waals surface area (Å²) in [5, 5.41) is 4.23. The molecule has 0 unspecified atom stereocenters. The summed E-state index contributed by atoms with van der Waals surface area (Å²) in [5.74, 6) is 0.284. The van der Waals surface area contributed by atoms with Crippen LogP contribution in [0, 0.1) is 0 Å². The van der Waals surface area contributed by atoms with E-state index in [1.165, 1.54) is 11.1 Å². The number of fused-ring (bicyclic) bond motifs is 1. The number of amides is 1. The Kier molecular flexibility index (Phi) is 5.31. The number of nitrogens with one attached hydrogen (secondary N) is 1. The Hall–Kier alpha value is -2.91. The van der Waals surface area contributed by atoms with Gasteiger partial charge in [-0.15, -0.1) is 11.3 Å². The first-order valence-electron chi connectivity index (χ1n) is 9.18. The van der Waals surface area contributed by atoms with Crippen molar-refractivity contribution in [1.29, 1.82) is 0 Å². The monoisotopic (exact) mass is 371 g/mol. The van der Waals surface area contributed by atoms with Gasteiger partial charge in [-0.05, 0) is 35.1 Å². The van der Waals surface area contributed by atoms with Crippen LogP contribution in [-0.2, 0) is 0 Å². The van der Waals surface area contributed by atoms with Crippen LogP contribution in [0.5, 0.6) is 0 Å². The topological polar surface area (TPSA) is 29.1 Å². The molecule has 1 heterocycles. The van der Waals surface area contributed by atoms with E-state index in [1.54, 1.807) is 11.3 Å².